The fraction of sp³-hybridized carbons (Fsp3) is 0.125. The Morgan fingerprint density at radius 3 is 3.00 bits per heavy atom. The van der Waals surface area contributed by atoms with Crippen LogP contribution in [0.5, 0.6) is 0 Å². The van der Waals surface area contributed by atoms with Gasteiger partial charge in [-0.15, -0.1) is 0 Å². The van der Waals surface area contributed by atoms with Gasteiger partial charge in [-0.1, -0.05) is 24.3 Å². The van der Waals surface area contributed by atoms with E-state index in [4.69, 9.17) is 1.37 Å². The maximum Gasteiger partial charge on any atom is 0.167 e. The SMILES string of the molecule is [2H]C1C(=O)c2ccccc21. The fourth-order valence-electron chi connectivity index (χ4n) is 0.988. The lowest BCUT2D eigenvalue weighted by Crippen LogP contribution is -2.17. The highest BCUT2D eigenvalue weighted by atomic mass is 16.1. The summed E-state index contributed by atoms with van der Waals surface area (Å²) < 4.78 is 7.25. The molecular formula is C8H6O. The van der Waals surface area contributed by atoms with Crippen molar-refractivity contribution in [3.63, 3.8) is 0 Å². The largest absolute Gasteiger partial charge is 0.294 e. The van der Waals surface area contributed by atoms with Gasteiger partial charge < -0.3 is 0 Å². The van der Waals surface area contributed by atoms with E-state index >= 15 is 0 Å². The molecule has 1 aliphatic carbocycles. The van der Waals surface area contributed by atoms with Gasteiger partial charge in [0, 0.05) is 13.3 Å². The average molecular weight is 119 g/mol. The summed E-state index contributed by atoms with van der Waals surface area (Å²) in [7, 11) is 0. The minimum absolute atomic E-state index is 0.0457. The summed E-state index contributed by atoms with van der Waals surface area (Å²) in [6.07, 6.45) is -0.601. The van der Waals surface area contributed by atoms with Crippen molar-refractivity contribution in [2.24, 2.45) is 0 Å². The standard InChI is InChI=1S/C8H6O/c9-8-5-6-3-1-2-4-7(6)8/h1-4H,5H2/i5D. The molecule has 0 aliphatic heterocycles. The van der Waals surface area contributed by atoms with Crippen LogP contribution in [-0.2, 0) is 6.40 Å². The lowest BCUT2D eigenvalue weighted by Gasteiger charge is -2.14. The molecule has 9 heavy (non-hydrogen) atoms. The molecule has 0 spiro atoms. The maximum atomic E-state index is 10.9. The van der Waals surface area contributed by atoms with Gasteiger partial charge in [0.05, 0.1) is 0 Å². The summed E-state index contributed by atoms with van der Waals surface area (Å²) in [5.74, 6) is -0.0457. The van der Waals surface area contributed by atoms with Gasteiger partial charge in [0.25, 0.3) is 0 Å². The molecule has 1 nitrogen and oxygen atoms in total. The topological polar surface area (TPSA) is 17.1 Å². The Bertz CT molecular complexity index is 293. The van der Waals surface area contributed by atoms with Crippen molar-refractivity contribution in [3.8, 4) is 0 Å². The Balaban J connectivity index is 2.60. The number of carbonyl (C=O) groups excluding carboxylic acids is 1. The molecule has 0 heterocycles. The van der Waals surface area contributed by atoms with Crippen LogP contribution in [0.15, 0.2) is 24.3 Å². The number of ketones is 1. The van der Waals surface area contributed by atoms with E-state index in [1.807, 2.05) is 18.2 Å². The molecule has 0 saturated heterocycles. The van der Waals surface area contributed by atoms with E-state index in [1.54, 1.807) is 6.07 Å². The highest BCUT2D eigenvalue weighted by Crippen LogP contribution is 2.20. The second-order valence-corrected chi connectivity index (χ2v) is 2.10. The third-order valence-corrected chi connectivity index (χ3v) is 1.51. The van der Waals surface area contributed by atoms with Crippen molar-refractivity contribution >= 4 is 5.78 Å². The minimum Gasteiger partial charge on any atom is -0.294 e. The molecule has 0 aromatic heterocycles. The third-order valence-electron chi connectivity index (χ3n) is 1.51. The Labute approximate surface area is 54.7 Å². The number of carbonyl (C=O) groups is 1. The Morgan fingerprint density at radius 1 is 1.44 bits per heavy atom. The smallest absolute Gasteiger partial charge is 0.167 e. The van der Waals surface area contributed by atoms with E-state index in [9.17, 15) is 4.79 Å². The molecule has 0 bridgehead atoms. The van der Waals surface area contributed by atoms with Crippen LogP contribution in [0, 0.1) is 0 Å². The van der Waals surface area contributed by atoms with Crippen molar-refractivity contribution < 1.29 is 6.17 Å². The molecule has 1 aromatic carbocycles. The first-order valence-electron chi connectivity index (χ1n) is 3.44. The number of benzene rings is 1. The highest BCUT2D eigenvalue weighted by Gasteiger charge is 2.20. The molecule has 0 fully saturated rings. The fourth-order valence-corrected chi connectivity index (χ4v) is 0.988. The van der Waals surface area contributed by atoms with E-state index in [-0.39, 0.29) is 5.78 Å². The average Bonchev–Trinajstić information content (AvgIpc) is 2.03. The van der Waals surface area contributed by atoms with Gasteiger partial charge in [0.1, 0.15) is 0 Å². The minimum atomic E-state index is -0.601. The van der Waals surface area contributed by atoms with Crippen molar-refractivity contribution in [1.82, 2.24) is 0 Å². The molecule has 0 saturated carbocycles. The quantitative estimate of drug-likeness (QED) is 0.505. The first kappa shape index (κ1) is 3.83. The van der Waals surface area contributed by atoms with Crippen molar-refractivity contribution in [3.05, 3.63) is 35.4 Å². The predicted molar refractivity (Wildman–Crippen MR) is 34.5 cm³/mol. The normalized spacial score (nSPS) is 24.2. The summed E-state index contributed by atoms with van der Waals surface area (Å²) in [5, 5.41) is 0. The molecule has 44 valence electrons. The number of hydrogen-bond acceptors (Lipinski definition) is 1. The first-order valence-corrected chi connectivity index (χ1v) is 2.86. The van der Waals surface area contributed by atoms with Crippen molar-refractivity contribution in [2.45, 2.75) is 6.40 Å². The van der Waals surface area contributed by atoms with E-state index in [1.165, 1.54) is 0 Å². The second-order valence-electron chi connectivity index (χ2n) is 2.10. The van der Waals surface area contributed by atoms with Crippen LogP contribution in [0.25, 0.3) is 0 Å². The Morgan fingerprint density at radius 2 is 2.22 bits per heavy atom. The predicted octanol–water partition coefficient (Wildman–Crippen LogP) is 1.43. The van der Waals surface area contributed by atoms with Crippen molar-refractivity contribution in [2.75, 3.05) is 0 Å². The number of Topliss-reactive ketones (excluding diaryl/α,β-unsaturated/α-hetero) is 1. The highest BCUT2D eigenvalue weighted by molar-refractivity contribution is 6.06. The van der Waals surface area contributed by atoms with E-state index < -0.39 is 6.40 Å². The van der Waals surface area contributed by atoms with E-state index in [0.717, 1.165) is 11.1 Å². The van der Waals surface area contributed by atoms with Crippen LogP contribution < -0.4 is 0 Å². The Kier molecular flexibility index (Phi) is 0.612. The molecule has 0 amide bonds. The van der Waals surface area contributed by atoms with Gasteiger partial charge in [0.2, 0.25) is 0 Å². The van der Waals surface area contributed by atoms with Gasteiger partial charge in [-0.05, 0) is 5.56 Å². The van der Waals surface area contributed by atoms with Gasteiger partial charge in [0.15, 0.2) is 5.78 Å². The lowest BCUT2D eigenvalue weighted by molar-refractivity contribution is 0.0968. The molecule has 1 unspecified atom stereocenters. The van der Waals surface area contributed by atoms with Crippen LogP contribution in [0.3, 0.4) is 0 Å². The van der Waals surface area contributed by atoms with Gasteiger partial charge >= 0.3 is 0 Å². The van der Waals surface area contributed by atoms with Crippen LogP contribution in [0.1, 0.15) is 17.3 Å². The summed E-state index contributed by atoms with van der Waals surface area (Å²) >= 11 is 0. The van der Waals surface area contributed by atoms with Crippen molar-refractivity contribution in [1.29, 1.82) is 0 Å². The molecule has 1 heteroatoms. The molecule has 1 aromatic rings. The van der Waals surface area contributed by atoms with Crippen LogP contribution >= 0.6 is 0 Å². The summed E-state index contributed by atoms with van der Waals surface area (Å²) in [6.45, 7) is 0. The second kappa shape index (κ2) is 1.44. The molecule has 1 aliphatic rings. The number of fused-ring (bicyclic) bond motifs is 1. The van der Waals surface area contributed by atoms with Gasteiger partial charge in [-0.25, -0.2) is 0 Å². The van der Waals surface area contributed by atoms with E-state index in [0.29, 0.717) is 0 Å². The summed E-state index contributed by atoms with van der Waals surface area (Å²) in [4.78, 5) is 10.9. The molecule has 1 atom stereocenters. The zero-order chi connectivity index (χ0) is 7.14. The summed E-state index contributed by atoms with van der Waals surface area (Å²) in [5.41, 5.74) is 1.59. The van der Waals surface area contributed by atoms with Crippen LogP contribution in [0.4, 0.5) is 0 Å². The zero-order valence-electron chi connectivity index (χ0n) is 5.79. The lowest BCUT2D eigenvalue weighted by atomic mass is 9.88. The van der Waals surface area contributed by atoms with Crippen LogP contribution in [-0.4, -0.2) is 5.78 Å². The van der Waals surface area contributed by atoms with Gasteiger partial charge in [-0.2, -0.15) is 0 Å². The molecule has 0 radical (unpaired) electrons. The Hall–Kier alpha value is -1.11. The summed E-state index contributed by atoms with van der Waals surface area (Å²) in [6, 6.07) is 7.27. The number of hydrogen-bond donors (Lipinski definition) is 0. The monoisotopic (exact) mass is 119 g/mol. The maximum absolute atomic E-state index is 10.9. The molecular weight excluding hydrogens is 112 g/mol. The molecule has 0 N–H and O–H groups in total. The van der Waals surface area contributed by atoms with Crippen LogP contribution in [0.2, 0.25) is 0 Å². The first-order chi connectivity index (χ1) is 4.80. The third kappa shape index (κ3) is 0.515. The van der Waals surface area contributed by atoms with Gasteiger partial charge in [-0.3, -0.25) is 4.79 Å². The molecule has 2 rings (SSSR count). The zero-order valence-corrected chi connectivity index (χ0v) is 4.79. The van der Waals surface area contributed by atoms with E-state index in [2.05, 4.69) is 0 Å². The number of rotatable bonds is 0.